The second kappa shape index (κ2) is 7.64. The maximum Gasteiger partial charge on any atom is 0.264 e. The average molecular weight is 363 g/mol. The van der Waals surface area contributed by atoms with E-state index in [2.05, 4.69) is 5.32 Å². The van der Waals surface area contributed by atoms with Crippen molar-refractivity contribution in [2.24, 2.45) is 0 Å². The van der Waals surface area contributed by atoms with Crippen molar-refractivity contribution in [2.45, 2.75) is 30.9 Å². The predicted molar refractivity (Wildman–Crippen MR) is 95.4 cm³/mol. The van der Waals surface area contributed by atoms with E-state index in [-0.39, 0.29) is 11.9 Å². The Kier molecular flexibility index (Phi) is 5.51. The van der Waals surface area contributed by atoms with Crippen molar-refractivity contribution in [2.75, 3.05) is 12.8 Å². The van der Waals surface area contributed by atoms with E-state index in [1.807, 2.05) is 30.3 Å². The third-order valence-electron chi connectivity index (χ3n) is 4.51. The van der Waals surface area contributed by atoms with Crippen LogP contribution in [0, 0.1) is 5.82 Å². The van der Waals surface area contributed by atoms with E-state index in [9.17, 15) is 12.8 Å². The summed E-state index contributed by atoms with van der Waals surface area (Å²) in [6, 6.07) is 15.7. The normalized spacial score (nSPS) is 20.3. The first-order chi connectivity index (χ1) is 12.0. The van der Waals surface area contributed by atoms with Gasteiger partial charge in [-0.3, -0.25) is 4.18 Å². The van der Waals surface area contributed by atoms with E-state index in [1.54, 1.807) is 18.2 Å². The van der Waals surface area contributed by atoms with Gasteiger partial charge in [-0.25, -0.2) is 4.39 Å². The Labute approximate surface area is 148 Å². The Bertz CT molecular complexity index is 804. The molecule has 1 heterocycles. The molecular formula is C19H22FNO3S. The van der Waals surface area contributed by atoms with Crippen molar-refractivity contribution in [3.63, 3.8) is 0 Å². The molecule has 0 bridgehead atoms. The van der Waals surface area contributed by atoms with E-state index in [4.69, 9.17) is 4.18 Å². The van der Waals surface area contributed by atoms with Crippen LogP contribution in [-0.2, 0) is 14.3 Å². The average Bonchev–Trinajstić information content (AvgIpc) is 3.10. The number of hydrogen-bond donors (Lipinski definition) is 1. The minimum Gasteiger partial charge on any atom is -0.311 e. The highest BCUT2D eigenvalue weighted by molar-refractivity contribution is 7.86. The standard InChI is InChI=1S/C19H22FNO3S/c1-25(22,23)24-19(17-12-7-13-21-17)18(14-8-3-2-4-9-14)15-10-5-6-11-16(15)20/h2-6,8-11,17-19,21H,7,12-13H2,1H3/t17-,18?,19?/m1/s1. The van der Waals surface area contributed by atoms with Gasteiger partial charge < -0.3 is 5.32 Å². The topological polar surface area (TPSA) is 55.4 Å². The van der Waals surface area contributed by atoms with Gasteiger partial charge in [-0.15, -0.1) is 0 Å². The zero-order valence-corrected chi connectivity index (χ0v) is 14.9. The fourth-order valence-corrected chi connectivity index (χ4v) is 4.13. The van der Waals surface area contributed by atoms with Gasteiger partial charge in [0.2, 0.25) is 0 Å². The summed E-state index contributed by atoms with van der Waals surface area (Å²) in [4.78, 5) is 0. The lowest BCUT2D eigenvalue weighted by Crippen LogP contribution is -2.42. The molecule has 0 amide bonds. The van der Waals surface area contributed by atoms with Crippen LogP contribution in [0.15, 0.2) is 54.6 Å². The van der Waals surface area contributed by atoms with Gasteiger partial charge in [-0.05, 0) is 36.6 Å². The van der Waals surface area contributed by atoms with E-state index in [0.29, 0.717) is 5.56 Å². The minimum absolute atomic E-state index is 0.153. The minimum atomic E-state index is -3.70. The van der Waals surface area contributed by atoms with Gasteiger partial charge in [0.05, 0.1) is 6.26 Å². The molecule has 1 aliphatic rings. The molecule has 4 nitrogen and oxygen atoms in total. The van der Waals surface area contributed by atoms with Crippen LogP contribution in [0.2, 0.25) is 0 Å². The van der Waals surface area contributed by atoms with E-state index in [1.165, 1.54) is 6.07 Å². The fraction of sp³-hybridized carbons (Fsp3) is 0.368. The molecule has 1 N–H and O–H groups in total. The summed E-state index contributed by atoms with van der Waals surface area (Å²) in [6.07, 6.45) is 2.06. The summed E-state index contributed by atoms with van der Waals surface area (Å²) in [5.41, 5.74) is 1.27. The molecule has 1 aliphatic heterocycles. The molecule has 2 aromatic carbocycles. The monoisotopic (exact) mass is 363 g/mol. The summed E-state index contributed by atoms with van der Waals surface area (Å²) < 4.78 is 43.9. The lowest BCUT2D eigenvalue weighted by Gasteiger charge is -2.32. The highest BCUT2D eigenvalue weighted by Crippen LogP contribution is 2.35. The molecule has 2 unspecified atom stereocenters. The van der Waals surface area contributed by atoms with Gasteiger partial charge in [0.25, 0.3) is 10.1 Å². The van der Waals surface area contributed by atoms with Crippen molar-refractivity contribution < 1.29 is 17.0 Å². The summed E-state index contributed by atoms with van der Waals surface area (Å²) >= 11 is 0. The lowest BCUT2D eigenvalue weighted by molar-refractivity contribution is 0.151. The van der Waals surface area contributed by atoms with Crippen molar-refractivity contribution in [1.29, 1.82) is 0 Å². The van der Waals surface area contributed by atoms with E-state index < -0.39 is 22.1 Å². The van der Waals surface area contributed by atoms with Gasteiger partial charge in [-0.1, -0.05) is 48.5 Å². The first-order valence-corrected chi connectivity index (χ1v) is 10.2. The van der Waals surface area contributed by atoms with E-state index in [0.717, 1.165) is 31.2 Å². The summed E-state index contributed by atoms with van der Waals surface area (Å²) in [5, 5.41) is 3.31. The fourth-order valence-electron chi connectivity index (χ4n) is 3.48. The zero-order chi connectivity index (χ0) is 17.9. The smallest absolute Gasteiger partial charge is 0.264 e. The van der Waals surface area contributed by atoms with Crippen LogP contribution in [0.4, 0.5) is 4.39 Å². The zero-order valence-electron chi connectivity index (χ0n) is 14.1. The second-order valence-electron chi connectivity index (χ2n) is 6.38. The van der Waals surface area contributed by atoms with Crippen molar-refractivity contribution in [1.82, 2.24) is 5.32 Å². The summed E-state index contributed by atoms with van der Waals surface area (Å²) in [5.74, 6) is -0.885. The molecule has 134 valence electrons. The summed E-state index contributed by atoms with van der Waals surface area (Å²) in [7, 11) is -3.70. The van der Waals surface area contributed by atoms with Gasteiger partial charge in [0.15, 0.2) is 0 Å². The predicted octanol–water partition coefficient (Wildman–Crippen LogP) is 3.05. The Hall–Kier alpha value is -1.76. The van der Waals surface area contributed by atoms with Gasteiger partial charge in [0.1, 0.15) is 11.9 Å². The number of rotatable bonds is 6. The molecule has 1 fully saturated rings. The van der Waals surface area contributed by atoms with Crippen LogP contribution in [0.5, 0.6) is 0 Å². The Morgan fingerprint density at radius 3 is 2.40 bits per heavy atom. The molecule has 0 aliphatic carbocycles. The molecule has 0 aromatic heterocycles. The molecule has 0 spiro atoms. The van der Waals surface area contributed by atoms with Crippen molar-refractivity contribution in [3.8, 4) is 0 Å². The Morgan fingerprint density at radius 1 is 1.12 bits per heavy atom. The summed E-state index contributed by atoms with van der Waals surface area (Å²) in [6.45, 7) is 0.799. The second-order valence-corrected chi connectivity index (χ2v) is 7.98. The maximum atomic E-state index is 14.6. The first kappa shape index (κ1) is 18.0. The van der Waals surface area contributed by atoms with Gasteiger partial charge in [-0.2, -0.15) is 8.42 Å². The third-order valence-corrected chi connectivity index (χ3v) is 5.08. The Balaban J connectivity index is 2.11. The van der Waals surface area contributed by atoms with E-state index >= 15 is 0 Å². The molecule has 0 radical (unpaired) electrons. The number of benzene rings is 2. The van der Waals surface area contributed by atoms with Crippen molar-refractivity contribution in [3.05, 3.63) is 71.5 Å². The Morgan fingerprint density at radius 2 is 1.80 bits per heavy atom. The van der Waals surface area contributed by atoms with Crippen LogP contribution in [0.1, 0.15) is 29.9 Å². The molecule has 6 heteroatoms. The van der Waals surface area contributed by atoms with Gasteiger partial charge >= 0.3 is 0 Å². The van der Waals surface area contributed by atoms with Gasteiger partial charge in [0, 0.05) is 12.0 Å². The van der Waals surface area contributed by atoms with Crippen LogP contribution in [-0.4, -0.2) is 33.4 Å². The first-order valence-electron chi connectivity index (χ1n) is 8.37. The van der Waals surface area contributed by atoms with Crippen LogP contribution < -0.4 is 5.32 Å². The quantitative estimate of drug-likeness (QED) is 0.802. The molecule has 3 atom stereocenters. The molecule has 3 rings (SSSR count). The molecular weight excluding hydrogens is 341 g/mol. The largest absolute Gasteiger partial charge is 0.311 e. The molecule has 0 saturated carbocycles. The lowest BCUT2D eigenvalue weighted by atomic mass is 9.83. The highest BCUT2D eigenvalue weighted by Gasteiger charge is 2.37. The third kappa shape index (κ3) is 4.45. The van der Waals surface area contributed by atoms with Crippen LogP contribution >= 0.6 is 0 Å². The molecule has 1 saturated heterocycles. The number of hydrogen-bond acceptors (Lipinski definition) is 4. The number of nitrogens with one attached hydrogen (secondary N) is 1. The maximum absolute atomic E-state index is 14.6. The number of halogens is 1. The van der Waals surface area contributed by atoms with Crippen LogP contribution in [0.3, 0.4) is 0 Å². The SMILES string of the molecule is CS(=O)(=O)OC(C(c1ccccc1)c1ccccc1F)[C@H]1CCCN1. The highest BCUT2D eigenvalue weighted by atomic mass is 32.2. The van der Waals surface area contributed by atoms with Crippen molar-refractivity contribution >= 4 is 10.1 Å². The molecule has 25 heavy (non-hydrogen) atoms. The molecule has 2 aromatic rings. The van der Waals surface area contributed by atoms with Crippen LogP contribution in [0.25, 0.3) is 0 Å².